The molecule has 1 aromatic carbocycles. The molecular weight excluding hydrogens is 268 g/mol. The molecule has 5 heteroatoms. The molecule has 0 aliphatic carbocycles. The van der Waals surface area contributed by atoms with Crippen molar-refractivity contribution >= 4 is 11.8 Å². The Balaban J connectivity index is 1.56. The van der Waals surface area contributed by atoms with Crippen LogP contribution in [0, 0.1) is 0 Å². The molecule has 2 unspecified atom stereocenters. The van der Waals surface area contributed by atoms with Crippen molar-refractivity contribution in [3.63, 3.8) is 0 Å². The zero-order chi connectivity index (χ0) is 15.0. The second kappa shape index (κ2) is 5.48. The standard InChI is InChI=1S/C16H20N2O3/c1-10(2)18-15(19)8-13(16(18)20)17-9-12-7-11-5-3-4-6-14(11)21-12/h3-6,10,12-13,17H,7-9H2,1-2H3. The molecule has 1 saturated heterocycles. The van der Waals surface area contributed by atoms with Gasteiger partial charge in [-0.05, 0) is 25.5 Å². The van der Waals surface area contributed by atoms with Gasteiger partial charge in [-0.15, -0.1) is 0 Å². The van der Waals surface area contributed by atoms with Crippen molar-refractivity contribution in [3.8, 4) is 5.75 Å². The summed E-state index contributed by atoms with van der Waals surface area (Å²) in [5, 5.41) is 3.19. The highest BCUT2D eigenvalue weighted by Gasteiger charge is 2.40. The van der Waals surface area contributed by atoms with Crippen molar-refractivity contribution in [2.75, 3.05) is 6.54 Å². The number of likely N-dealkylation sites (tertiary alicyclic amines) is 1. The SMILES string of the molecule is CC(C)N1C(=O)CC(NCC2Cc3ccccc3O2)C1=O. The number of hydrogen-bond acceptors (Lipinski definition) is 4. The number of amides is 2. The van der Waals surface area contributed by atoms with Gasteiger partial charge in [0.15, 0.2) is 0 Å². The molecule has 2 amide bonds. The average molecular weight is 288 g/mol. The van der Waals surface area contributed by atoms with Gasteiger partial charge in [0.1, 0.15) is 11.9 Å². The maximum atomic E-state index is 12.2. The van der Waals surface area contributed by atoms with Crippen LogP contribution in [-0.2, 0) is 16.0 Å². The number of para-hydroxylation sites is 1. The average Bonchev–Trinajstić information content (AvgIpc) is 2.97. The van der Waals surface area contributed by atoms with E-state index in [0.29, 0.717) is 6.54 Å². The Morgan fingerprint density at radius 3 is 2.71 bits per heavy atom. The minimum absolute atomic E-state index is 0.0263. The number of rotatable bonds is 4. The van der Waals surface area contributed by atoms with Crippen molar-refractivity contribution < 1.29 is 14.3 Å². The van der Waals surface area contributed by atoms with Crippen molar-refractivity contribution in [2.24, 2.45) is 0 Å². The summed E-state index contributed by atoms with van der Waals surface area (Å²) in [6.07, 6.45) is 1.11. The van der Waals surface area contributed by atoms with Gasteiger partial charge in [0.05, 0.1) is 12.5 Å². The van der Waals surface area contributed by atoms with Crippen LogP contribution in [-0.4, -0.2) is 41.4 Å². The largest absolute Gasteiger partial charge is 0.488 e. The molecule has 0 radical (unpaired) electrons. The normalized spacial score (nSPS) is 24.6. The first kappa shape index (κ1) is 14.1. The predicted octanol–water partition coefficient (Wildman–Crippen LogP) is 1.12. The Labute approximate surface area is 124 Å². The molecule has 1 N–H and O–H groups in total. The van der Waals surface area contributed by atoms with Gasteiger partial charge in [-0.3, -0.25) is 14.5 Å². The van der Waals surface area contributed by atoms with E-state index in [2.05, 4.69) is 11.4 Å². The summed E-state index contributed by atoms with van der Waals surface area (Å²) in [5.41, 5.74) is 1.20. The number of carbonyl (C=O) groups is 2. The van der Waals surface area contributed by atoms with Crippen LogP contribution >= 0.6 is 0 Å². The molecule has 3 rings (SSSR count). The van der Waals surface area contributed by atoms with E-state index in [4.69, 9.17) is 4.74 Å². The van der Waals surface area contributed by atoms with Gasteiger partial charge in [-0.1, -0.05) is 18.2 Å². The third-order valence-electron chi connectivity index (χ3n) is 4.01. The second-order valence-corrected chi connectivity index (χ2v) is 5.91. The molecule has 2 heterocycles. The molecule has 1 aromatic rings. The van der Waals surface area contributed by atoms with E-state index in [0.717, 1.165) is 12.2 Å². The molecule has 0 aromatic heterocycles. The Hall–Kier alpha value is -1.88. The number of nitrogens with zero attached hydrogens (tertiary/aromatic N) is 1. The maximum Gasteiger partial charge on any atom is 0.247 e. The summed E-state index contributed by atoms with van der Waals surface area (Å²) in [7, 11) is 0. The van der Waals surface area contributed by atoms with E-state index < -0.39 is 6.04 Å². The summed E-state index contributed by atoms with van der Waals surface area (Å²) in [6.45, 7) is 4.29. The Kier molecular flexibility index (Phi) is 3.68. The van der Waals surface area contributed by atoms with Crippen molar-refractivity contribution in [1.29, 1.82) is 0 Å². The number of imide groups is 1. The molecule has 5 nitrogen and oxygen atoms in total. The lowest BCUT2D eigenvalue weighted by atomic mass is 10.1. The zero-order valence-electron chi connectivity index (χ0n) is 12.3. The molecule has 2 aliphatic rings. The van der Waals surface area contributed by atoms with Gasteiger partial charge in [-0.2, -0.15) is 0 Å². The molecule has 0 bridgehead atoms. The lowest BCUT2D eigenvalue weighted by molar-refractivity contribution is -0.140. The van der Waals surface area contributed by atoms with Crippen LogP contribution in [0.25, 0.3) is 0 Å². The molecule has 2 aliphatic heterocycles. The van der Waals surface area contributed by atoms with E-state index in [9.17, 15) is 9.59 Å². The van der Waals surface area contributed by atoms with E-state index in [1.807, 2.05) is 32.0 Å². The van der Waals surface area contributed by atoms with Gasteiger partial charge >= 0.3 is 0 Å². The van der Waals surface area contributed by atoms with Gasteiger partial charge in [0, 0.05) is 19.0 Å². The van der Waals surface area contributed by atoms with Crippen LogP contribution in [0.5, 0.6) is 5.75 Å². The first-order valence-electron chi connectivity index (χ1n) is 7.40. The number of nitrogens with one attached hydrogen (secondary N) is 1. The number of ether oxygens (including phenoxy) is 1. The van der Waals surface area contributed by atoms with Gasteiger partial charge < -0.3 is 10.1 Å². The molecule has 0 spiro atoms. The van der Waals surface area contributed by atoms with Crippen LogP contribution in [0.2, 0.25) is 0 Å². The number of fused-ring (bicyclic) bond motifs is 1. The summed E-state index contributed by atoms with van der Waals surface area (Å²) in [6, 6.07) is 7.47. The molecule has 1 fully saturated rings. The Morgan fingerprint density at radius 2 is 2.05 bits per heavy atom. The Bertz CT molecular complexity index is 545. The number of hydrogen-bond donors (Lipinski definition) is 1. The quantitative estimate of drug-likeness (QED) is 0.843. The maximum absolute atomic E-state index is 12.2. The zero-order valence-corrected chi connectivity index (χ0v) is 12.3. The lowest BCUT2D eigenvalue weighted by Gasteiger charge is -2.20. The lowest BCUT2D eigenvalue weighted by Crippen LogP contribution is -2.44. The van der Waals surface area contributed by atoms with E-state index >= 15 is 0 Å². The minimum Gasteiger partial charge on any atom is -0.488 e. The fourth-order valence-electron chi connectivity index (χ4n) is 2.99. The van der Waals surface area contributed by atoms with Crippen LogP contribution in [0.4, 0.5) is 0 Å². The fourth-order valence-corrected chi connectivity index (χ4v) is 2.99. The minimum atomic E-state index is -0.410. The highest BCUT2D eigenvalue weighted by atomic mass is 16.5. The monoisotopic (exact) mass is 288 g/mol. The first-order valence-corrected chi connectivity index (χ1v) is 7.40. The summed E-state index contributed by atoms with van der Waals surface area (Å²) >= 11 is 0. The van der Waals surface area contributed by atoms with Crippen LogP contribution in [0.15, 0.2) is 24.3 Å². The number of carbonyl (C=O) groups excluding carboxylic acids is 2. The van der Waals surface area contributed by atoms with Crippen LogP contribution in [0.1, 0.15) is 25.8 Å². The van der Waals surface area contributed by atoms with E-state index in [-0.39, 0.29) is 30.4 Å². The fraction of sp³-hybridized carbons (Fsp3) is 0.500. The second-order valence-electron chi connectivity index (χ2n) is 5.91. The van der Waals surface area contributed by atoms with Gasteiger partial charge in [0.2, 0.25) is 11.8 Å². The predicted molar refractivity (Wildman–Crippen MR) is 78.0 cm³/mol. The Morgan fingerprint density at radius 1 is 1.29 bits per heavy atom. The van der Waals surface area contributed by atoms with Crippen molar-refractivity contribution in [2.45, 2.75) is 44.9 Å². The third kappa shape index (κ3) is 2.65. The van der Waals surface area contributed by atoms with Crippen LogP contribution in [0.3, 0.4) is 0 Å². The topological polar surface area (TPSA) is 58.6 Å². The van der Waals surface area contributed by atoms with E-state index in [1.54, 1.807) is 0 Å². The van der Waals surface area contributed by atoms with Crippen LogP contribution < -0.4 is 10.1 Å². The van der Waals surface area contributed by atoms with Gasteiger partial charge in [-0.25, -0.2) is 0 Å². The molecule has 112 valence electrons. The van der Waals surface area contributed by atoms with Gasteiger partial charge in [0.25, 0.3) is 0 Å². The highest BCUT2D eigenvalue weighted by Crippen LogP contribution is 2.28. The summed E-state index contributed by atoms with van der Waals surface area (Å²) in [5.74, 6) is 0.704. The molecule has 0 saturated carbocycles. The first-order chi connectivity index (χ1) is 10.1. The van der Waals surface area contributed by atoms with Crippen molar-refractivity contribution in [3.05, 3.63) is 29.8 Å². The smallest absolute Gasteiger partial charge is 0.247 e. The summed E-state index contributed by atoms with van der Waals surface area (Å²) in [4.78, 5) is 25.4. The third-order valence-corrected chi connectivity index (χ3v) is 4.01. The number of benzene rings is 1. The molecular formula is C16H20N2O3. The molecule has 21 heavy (non-hydrogen) atoms. The highest BCUT2D eigenvalue weighted by molar-refractivity contribution is 6.05. The van der Waals surface area contributed by atoms with E-state index in [1.165, 1.54) is 10.5 Å². The molecule has 2 atom stereocenters. The summed E-state index contributed by atoms with van der Waals surface area (Å²) < 4.78 is 5.83. The van der Waals surface area contributed by atoms with Crippen molar-refractivity contribution in [1.82, 2.24) is 10.2 Å².